The Morgan fingerprint density at radius 2 is 2.06 bits per heavy atom. The number of nitrogens with zero attached hydrogens (tertiary/aromatic N) is 1. The number of hydrogen-bond acceptors (Lipinski definition) is 2. The fourth-order valence-electron chi connectivity index (χ4n) is 2.60. The van der Waals surface area contributed by atoms with Gasteiger partial charge >= 0.3 is 0 Å². The number of benzene rings is 1. The van der Waals surface area contributed by atoms with Crippen molar-refractivity contribution in [2.75, 3.05) is 0 Å². The van der Waals surface area contributed by atoms with E-state index in [0.717, 1.165) is 14.8 Å². The van der Waals surface area contributed by atoms with Crippen LogP contribution in [0.15, 0.2) is 22.7 Å². The second-order valence-corrected chi connectivity index (χ2v) is 7.27. The normalized spacial score (nSPS) is 14.6. The fourth-order valence-corrected chi connectivity index (χ4v) is 4.81. The van der Waals surface area contributed by atoms with Crippen LogP contribution in [0, 0.1) is 10.9 Å². The summed E-state index contributed by atoms with van der Waals surface area (Å²) in [7, 11) is 0. The highest BCUT2D eigenvalue weighted by Crippen LogP contribution is 2.34. The van der Waals surface area contributed by atoms with Gasteiger partial charge in [0.15, 0.2) is 3.95 Å². The number of aryl methyl sites for hydroxylation is 2. The van der Waals surface area contributed by atoms with Gasteiger partial charge in [-0.1, -0.05) is 12.1 Å². The average molecular weight is 340 g/mol. The Kier molecular flexibility index (Phi) is 3.43. The van der Waals surface area contributed by atoms with Crippen molar-refractivity contribution >= 4 is 39.5 Å². The van der Waals surface area contributed by atoms with Crippen LogP contribution in [0.4, 0.5) is 0 Å². The number of para-hydroxylation sites is 1. The highest BCUT2D eigenvalue weighted by molar-refractivity contribution is 9.10. The van der Waals surface area contributed by atoms with Gasteiger partial charge in [0, 0.05) is 15.0 Å². The third-order valence-electron chi connectivity index (χ3n) is 3.46. The van der Waals surface area contributed by atoms with Crippen LogP contribution >= 0.6 is 39.5 Å². The van der Waals surface area contributed by atoms with Crippen LogP contribution in [0.2, 0.25) is 0 Å². The minimum Gasteiger partial charge on any atom is -0.294 e. The first kappa shape index (κ1) is 12.6. The van der Waals surface area contributed by atoms with E-state index in [0.29, 0.717) is 0 Å². The molecule has 4 heteroatoms. The molecule has 0 bridgehead atoms. The Morgan fingerprint density at radius 1 is 1.28 bits per heavy atom. The van der Waals surface area contributed by atoms with Crippen LogP contribution in [-0.2, 0) is 12.8 Å². The second kappa shape index (κ2) is 4.91. The number of rotatable bonds is 1. The predicted molar refractivity (Wildman–Crippen MR) is 83.6 cm³/mol. The zero-order valence-corrected chi connectivity index (χ0v) is 13.4. The summed E-state index contributed by atoms with van der Waals surface area (Å²) in [4.78, 5) is 1.49. The molecule has 1 aliphatic carbocycles. The minimum absolute atomic E-state index is 0.983. The smallest absolute Gasteiger partial charge is 0.166 e. The van der Waals surface area contributed by atoms with Gasteiger partial charge < -0.3 is 0 Å². The molecule has 0 amide bonds. The molecule has 0 unspecified atom stereocenters. The summed E-state index contributed by atoms with van der Waals surface area (Å²) in [5, 5.41) is 0. The fraction of sp³-hybridized carbons (Fsp3) is 0.357. The highest BCUT2D eigenvalue weighted by Gasteiger charge is 2.19. The van der Waals surface area contributed by atoms with Gasteiger partial charge in [0.1, 0.15) is 0 Å². The molecule has 1 aromatic heterocycles. The van der Waals surface area contributed by atoms with Crippen LogP contribution < -0.4 is 0 Å². The maximum absolute atomic E-state index is 5.58. The molecule has 2 aromatic rings. The van der Waals surface area contributed by atoms with E-state index in [-0.39, 0.29) is 0 Å². The Labute approximate surface area is 125 Å². The SMILES string of the molecule is Cc1cccc(Br)c1-n1c2c(sc1=S)CCCC2. The maximum atomic E-state index is 5.58. The maximum Gasteiger partial charge on any atom is 0.166 e. The molecular formula is C14H14BrNS2. The molecule has 0 fully saturated rings. The molecular weight excluding hydrogens is 326 g/mol. The van der Waals surface area contributed by atoms with Gasteiger partial charge in [-0.3, -0.25) is 4.57 Å². The van der Waals surface area contributed by atoms with Gasteiger partial charge in [-0.05, 0) is 72.4 Å². The van der Waals surface area contributed by atoms with Crippen molar-refractivity contribution in [2.45, 2.75) is 32.6 Å². The average Bonchev–Trinajstić information content (AvgIpc) is 2.66. The van der Waals surface area contributed by atoms with Gasteiger partial charge in [0.25, 0.3) is 0 Å². The lowest BCUT2D eigenvalue weighted by atomic mass is 10.0. The quantitative estimate of drug-likeness (QED) is 0.645. The lowest BCUT2D eigenvalue weighted by Gasteiger charge is -2.17. The summed E-state index contributed by atoms with van der Waals surface area (Å²) in [5.74, 6) is 0. The van der Waals surface area contributed by atoms with E-state index in [1.807, 2.05) is 0 Å². The number of aromatic nitrogens is 1. The molecule has 0 saturated carbocycles. The van der Waals surface area contributed by atoms with E-state index in [9.17, 15) is 0 Å². The Morgan fingerprint density at radius 3 is 2.83 bits per heavy atom. The van der Waals surface area contributed by atoms with Crippen molar-refractivity contribution in [3.05, 3.63) is 42.8 Å². The van der Waals surface area contributed by atoms with Gasteiger partial charge in [-0.25, -0.2) is 0 Å². The summed E-state index contributed by atoms with van der Waals surface area (Å²) >= 11 is 11.0. The summed E-state index contributed by atoms with van der Waals surface area (Å²) < 4.78 is 4.40. The van der Waals surface area contributed by atoms with E-state index in [2.05, 4.69) is 45.6 Å². The molecule has 94 valence electrons. The molecule has 1 aromatic carbocycles. The van der Waals surface area contributed by atoms with E-state index >= 15 is 0 Å². The van der Waals surface area contributed by atoms with Crippen molar-refractivity contribution in [3.63, 3.8) is 0 Å². The van der Waals surface area contributed by atoms with Crippen molar-refractivity contribution in [2.24, 2.45) is 0 Å². The zero-order chi connectivity index (χ0) is 12.7. The first-order chi connectivity index (χ1) is 8.68. The van der Waals surface area contributed by atoms with E-state index in [1.54, 1.807) is 11.3 Å². The number of halogens is 1. The molecule has 0 atom stereocenters. The monoisotopic (exact) mass is 339 g/mol. The Bertz CT molecular complexity index is 634. The largest absolute Gasteiger partial charge is 0.294 e. The predicted octanol–water partition coefficient (Wildman–Crippen LogP) is 5.22. The summed E-state index contributed by atoms with van der Waals surface area (Å²) in [6, 6.07) is 6.32. The van der Waals surface area contributed by atoms with E-state index in [1.165, 1.54) is 41.1 Å². The van der Waals surface area contributed by atoms with Crippen LogP contribution in [0.25, 0.3) is 5.69 Å². The van der Waals surface area contributed by atoms with Crippen LogP contribution in [0.5, 0.6) is 0 Å². The lowest BCUT2D eigenvalue weighted by molar-refractivity contribution is 0.665. The van der Waals surface area contributed by atoms with Crippen LogP contribution in [-0.4, -0.2) is 4.57 Å². The Hall–Kier alpha value is -0.450. The second-order valence-electron chi connectivity index (χ2n) is 4.69. The first-order valence-electron chi connectivity index (χ1n) is 6.17. The van der Waals surface area contributed by atoms with Gasteiger partial charge in [0.05, 0.1) is 5.69 Å². The summed E-state index contributed by atoms with van der Waals surface area (Å²) in [6.45, 7) is 2.15. The zero-order valence-electron chi connectivity index (χ0n) is 10.2. The van der Waals surface area contributed by atoms with Crippen LogP contribution in [0.3, 0.4) is 0 Å². The molecule has 1 heterocycles. The molecule has 1 nitrogen and oxygen atoms in total. The molecule has 1 aliphatic rings. The van der Waals surface area contributed by atoms with Crippen molar-refractivity contribution in [1.82, 2.24) is 4.57 Å². The minimum atomic E-state index is 0.983. The Balaban J connectivity index is 2.29. The molecule has 0 N–H and O–H groups in total. The first-order valence-corrected chi connectivity index (χ1v) is 8.19. The van der Waals surface area contributed by atoms with E-state index < -0.39 is 0 Å². The molecule has 0 aliphatic heterocycles. The van der Waals surface area contributed by atoms with E-state index in [4.69, 9.17) is 12.2 Å². The molecule has 18 heavy (non-hydrogen) atoms. The number of hydrogen-bond donors (Lipinski definition) is 0. The topological polar surface area (TPSA) is 4.93 Å². The number of thiazole rings is 1. The van der Waals surface area contributed by atoms with Crippen molar-refractivity contribution in [1.29, 1.82) is 0 Å². The lowest BCUT2D eigenvalue weighted by Crippen LogP contribution is -2.08. The van der Waals surface area contributed by atoms with Crippen molar-refractivity contribution < 1.29 is 0 Å². The highest BCUT2D eigenvalue weighted by atomic mass is 79.9. The third kappa shape index (κ3) is 2.00. The molecule has 0 spiro atoms. The van der Waals surface area contributed by atoms with Gasteiger partial charge in [-0.2, -0.15) is 0 Å². The summed E-state index contributed by atoms with van der Waals surface area (Å²) in [6.07, 6.45) is 4.93. The third-order valence-corrected chi connectivity index (χ3v) is 5.58. The van der Waals surface area contributed by atoms with Gasteiger partial charge in [0.2, 0.25) is 0 Å². The standard InChI is InChI=1S/C14H14BrNS2/c1-9-5-4-6-10(15)13(9)16-11-7-2-3-8-12(11)18-14(16)17/h4-6H,2-3,7-8H2,1H3. The summed E-state index contributed by atoms with van der Waals surface area (Å²) in [5.41, 5.74) is 3.93. The number of fused-ring (bicyclic) bond motifs is 1. The molecule has 0 saturated heterocycles. The van der Waals surface area contributed by atoms with Crippen molar-refractivity contribution in [3.8, 4) is 5.69 Å². The van der Waals surface area contributed by atoms with Gasteiger partial charge in [-0.15, -0.1) is 11.3 Å². The van der Waals surface area contributed by atoms with Crippen LogP contribution in [0.1, 0.15) is 29.0 Å². The molecule has 3 rings (SSSR count). The molecule has 0 radical (unpaired) electrons.